The van der Waals surface area contributed by atoms with Crippen LogP contribution in [0, 0.1) is 0 Å². The smallest absolute Gasteiger partial charge is 0.317 e. The first kappa shape index (κ1) is 19.3. The third-order valence-electron chi connectivity index (χ3n) is 3.95. The van der Waals surface area contributed by atoms with Crippen LogP contribution in [0.4, 0.5) is 4.79 Å². The molecular weight excluding hydrogens is 332 g/mol. The normalized spacial score (nSPS) is 11.5. The van der Waals surface area contributed by atoms with Crippen LogP contribution in [0.1, 0.15) is 30.5 Å². The van der Waals surface area contributed by atoms with Gasteiger partial charge < -0.3 is 20.1 Å². The number of carbonyl (C=O) groups is 2. The second kappa shape index (κ2) is 9.46. The second-order valence-electron chi connectivity index (χ2n) is 6.08. The topological polar surface area (TPSA) is 78.9 Å². The van der Waals surface area contributed by atoms with Crippen molar-refractivity contribution < 1.29 is 19.4 Å². The van der Waals surface area contributed by atoms with E-state index in [4.69, 9.17) is 9.84 Å². The highest BCUT2D eigenvalue weighted by atomic mass is 16.5. The van der Waals surface area contributed by atoms with Crippen molar-refractivity contribution in [2.45, 2.75) is 26.0 Å². The quantitative estimate of drug-likeness (QED) is 0.759. The highest BCUT2D eigenvalue weighted by molar-refractivity contribution is 5.75. The van der Waals surface area contributed by atoms with E-state index in [9.17, 15) is 9.59 Å². The van der Waals surface area contributed by atoms with Crippen molar-refractivity contribution in [2.24, 2.45) is 0 Å². The third-order valence-corrected chi connectivity index (χ3v) is 3.95. The minimum atomic E-state index is -0.930. The van der Waals surface area contributed by atoms with E-state index in [1.54, 1.807) is 7.05 Å². The molecule has 0 aliphatic heterocycles. The molecule has 0 aromatic heterocycles. The van der Waals surface area contributed by atoms with Crippen molar-refractivity contribution in [3.63, 3.8) is 0 Å². The molecule has 2 N–H and O–H groups in total. The van der Waals surface area contributed by atoms with Gasteiger partial charge in [-0.15, -0.1) is 0 Å². The number of carbonyl (C=O) groups excluding carboxylic acids is 1. The van der Waals surface area contributed by atoms with Gasteiger partial charge in [0.15, 0.2) is 0 Å². The van der Waals surface area contributed by atoms with Gasteiger partial charge >= 0.3 is 12.0 Å². The average Bonchev–Trinajstić information content (AvgIpc) is 2.65. The van der Waals surface area contributed by atoms with Crippen LogP contribution in [0.3, 0.4) is 0 Å². The van der Waals surface area contributed by atoms with E-state index in [-0.39, 0.29) is 25.0 Å². The molecular formula is C20H24N2O4. The molecule has 2 amide bonds. The van der Waals surface area contributed by atoms with Crippen LogP contribution in [0.2, 0.25) is 0 Å². The number of ether oxygens (including phenoxy) is 1. The van der Waals surface area contributed by atoms with Gasteiger partial charge in [0.05, 0.1) is 12.5 Å². The Morgan fingerprint density at radius 2 is 1.88 bits per heavy atom. The summed E-state index contributed by atoms with van der Waals surface area (Å²) in [4.78, 5) is 24.1. The molecule has 2 aromatic rings. The first-order valence-electron chi connectivity index (χ1n) is 8.46. The number of nitrogens with one attached hydrogen (secondary N) is 1. The molecule has 0 saturated carbocycles. The molecule has 0 aliphatic rings. The van der Waals surface area contributed by atoms with E-state index >= 15 is 0 Å². The van der Waals surface area contributed by atoms with Crippen molar-refractivity contribution >= 4 is 12.0 Å². The van der Waals surface area contributed by atoms with Crippen LogP contribution >= 0.6 is 0 Å². The van der Waals surface area contributed by atoms with Gasteiger partial charge in [0, 0.05) is 13.6 Å². The zero-order chi connectivity index (χ0) is 18.9. The Balaban J connectivity index is 1.91. The Kier molecular flexibility index (Phi) is 7.02. The summed E-state index contributed by atoms with van der Waals surface area (Å²) in [5, 5.41) is 11.6. The summed E-state index contributed by atoms with van der Waals surface area (Å²) >= 11 is 0. The van der Waals surface area contributed by atoms with Crippen molar-refractivity contribution in [2.75, 3.05) is 13.6 Å². The lowest BCUT2D eigenvalue weighted by Gasteiger charge is -2.21. The molecule has 2 rings (SSSR count). The fourth-order valence-electron chi connectivity index (χ4n) is 2.36. The van der Waals surface area contributed by atoms with E-state index < -0.39 is 5.97 Å². The Hall–Kier alpha value is -3.02. The van der Waals surface area contributed by atoms with Gasteiger partial charge in [-0.25, -0.2) is 4.79 Å². The van der Waals surface area contributed by atoms with E-state index in [1.165, 1.54) is 4.90 Å². The Labute approximate surface area is 153 Å². The van der Waals surface area contributed by atoms with Gasteiger partial charge in [0.2, 0.25) is 0 Å². The number of amides is 2. The first-order valence-corrected chi connectivity index (χ1v) is 8.46. The van der Waals surface area contributed by atoms with Gasteiger partial charge in [0.1, 0.15) is 12.4 Å². The zero-order valence-electron chi connectivity index (χ0n) is 15.0. The lowest BCUT2D eigenvalue weighted by molar-refractivity contribution is -0.137. The molecule has 0 heterocycles. The number of carboxylic acid groups (broad SMARTS) is 1. The van der Waals surface area contributed by atoms with Crippen molar-refractivity contribution in [3.05, 3.63) is 65.7 Å². The molecule has 0 unspecified atom stereocenters. The molecule has 0 aliphatic carbocycles. The fraction of sp³-hybridized carbons (Fsp3) is 0.300. The second-order valence-corrected chi connectivity index (χ2v) is 6.08. The molecule has 26 heavy (non-hydrogen) atoms. The lowest BCUT2D eigenvalue weighted by atomic mass is 10.1. The molecule has 0 saturated heterocycles. The Morgan fingerprint density at radius 3 is 2.58 bits per heavy atom. The van der Waals surface area contributed by atoms with E-state index in [2.05, 4.69) is 5.32 Å². The monoisotopic (exact) mass is 356 g/mol. The van der Waals surface area contributed by atoms with Crippen molar-refractivity contribution in [1.82, 2.24) is 10.2 Å². The zero-order valence-corrected chi connectivity index (χ0v) is 15.0. The number of carboxylic acids is 1. The molecule has 0 spiro atoms. The number of aliphatic carboxylic acids is 1. The highest BCUT2D eigenvalue weighted by Gasteiger charge is 2.14. The maximum absolute atomic E-state index is 12.1. The minimum Gasteiger partial charge on any atom is -0.489 e. The van der Waals surface area contributed by atoms with Crippen LogP contribution in [0.5, 0.6) is 5.75 Å². The number of rotatable bonds is 8. The molecule has 0 fully saturated rings. The summed E-state index contributed by atoms with van der Waals surface area (Å²) in [6.07, 6.45) is -0.0822. The van der Waals surface area contributed by atoms with Gasteiger partial charge in [-0.3, -0.25) is 4.79 Å². The molecule has 6 heteroatoms. The standard InChI is InChI=1S/C20H24N2O4/c1-15(21-20(25)22(2)12-11-19(23)24)17-9-6-10-18(13-17)26-14-16-7-4-3-5-8-16/h3-10,13,15H,11-12,14H2,1-2H3,(H,21,25)(H,23,24)/t15-/m1/s1. The number of benzene rings is 2. The molecule has 1 atom stereocenters. The molecule has 138 valence electrons. The van der Waals surface area contributed by atoms with E-state index in [0.717, 1.165) is 16.9 Å². The summed E-state index contributed by atoms with van der Waals surface area (Å²) < 4.78 is 5.81. The first-order chi connectivity index (χ1) is 12.5. The van der Waals surface area contributed by atoms with Gasteiger partial charge in [0.25, 0.3) is 0 Å². The summed E-state index contributed by atoms with van der Waals surface area (Å²) in [6.45, 7) is 2.51. The predicted molar refractivity (Wildman–Crippen MR) is 99.0 cm³/mol. The van der Waals surface area contributed by atoms with Gasteiger partial charge in [-0.2, -0.15) is 0 Å². The summed E-state index contributed by atoms with van der Waals surface area (Å²) in [5.41, 5.74) is 2.00. The lowest BCUT2D eigenvalue weighted by Crippen LogP contribution is -2.39. The van der Waals surface area contributed by atoms with Crippen LogP contribution in [0.15, 0.2) is 54.6 Å². The van der Waals surface area contributed by atoms with Gasteiger partial charge in [-0.1, -0.05) is 42.5 Å². The summed E-state index contributed by atoms with van der Waals surface area (Å²) in [5.74, 6) is -0.201. The maximum atomic E-state index is 12.1. The SMILES string of the molecule is C[C@@H](NC(=O)N(C)CCC(=O)O)c1cccc(OCc2ccccc2)c1. The molecule has 0 bridgehead atoms. The minimum absolute atomic E-state index is 0.0822. The molecule has 0 radical (unpaired) electrons. The van der Waals surface area contributed by atoms with Crippen molar-refractivity contribution in [3.8, 4) is 5.75 Å². The van der Waals surface area contributed by atoms with Crippen LogP contribution in [-0.2, 0) is 11.4 Å². The molecule has 6 nitrogen and oxygen atoms in total. The van der Waals surface area contributed by atoms with Crippen LogP contribution in [0.25, 0.3) is 0 Å². The fourth-order valence-corrected chi connectivity index (χ4v) is 2.36. The van der Waals surface area contributed by atoms with E-state index in [0.29, 0.717) is 6.61 Å². The van der Waals surface area contributed by atoms with E-state index in [1.807, 2.05) is 61.5 Å². The maximum Gasteiger partial charge on any atom is 0.317 e. The Bertz CT molecular complexity index is 734. The van der Waals surface area contributed by atoms with Crippen LogP contribution in [-0.4, -0.2) is 35.6 Å². The largest absolute Gasteiger partial charge is 0.489 e. The number of urea groups is 1. The van der Waals surface area contributed by atoms with Crippen LogP contribution < -0.4 is 10.1 Å². The molecule has 2 aromatic carbocycles. The Morgan fingerprint density at radius 1 is 1.15 bits per heavy atom. The number of hydrogen-bond acceptors (Lipinski definition) is 3. The average molecular weight is 356 g/mol. The summed E-state index contributed by atoms with van der Waals surface area (Å²) in [6, 6.07) is 16.9. The predicted octanol–water partition coefficient (Wildman–Crippen LogP) is 3.44. The van der Waals surface area contributed by atoms with Crippen molar-refractivity contribution in [1.29, 1.82) is 0 Å². The highest BCUT2D eigenvalue weighted by Crippen LogP contribution is 2.20. The van der Waals surface area contributed by atoms with Gasteiger partial charge in [-0.05, 0) is 30.2 Å². The number of nitrogens with zero attached hydrogens (tertiary/aromatic N) is 1. The number of hydrogen-bond donors (Lipinski definition) is 2. The summed E-state index contributed by atoms with van der Waals surface area (Å²) in [7, 11) is 1.57. The third kappa shape index (κ3) is 6.12.